The molecule has 180 valence electrons. The van der Waals surface area contributed by atoms with Gasteiger partial charge in [0.25, 0.3) is 10.0 Å². The molecule has 0 unspecified atom stereocenters. The Bertz CT molecular complexity index is 1240. The van der Waals surface area contributed by atoms with Crippen LogP contribution in [0.15, 0.2) is 71.6 Å². The molecule has 0 aliphatic heterocycles. The van der Waals surface area contributed by atoms with Crippen LogP contribution in [0, 0.1) is 20.8 Å². The number of methoxy groups -OCH3 is 1. The molecule has 3 aromatic carbocycles. The molecule has 0 saturated heterocycles. The first kappa shape index (κ1) is 25.3. The predicted octanol–water partition coefficient (Wildman–Crippen LogP) is 5.08. The third kappa shape index (κ3) is 5.78. The fourth-order valence-electron chi connectivity index (χ4n) is 3.75. The smallest absolute Gasteiger partial charge is 0.264 e. The number of anilines is 1. The van der Waals surface area contributed by atoms with Crippen molar-refractivity contribution in [2.75, 3.05) is 18.0 Å². The number of rotatable bonds is 9. The van der Waals surface area contributed by atoms with Crippen LogP contribution in [0.2, 0.25) is 0 Å². The zero-order valence-corrected chi connectivity index (χ0v) is 21.1. The van der Waals surface area contributed by atoms with Gasteiger partial charge in [0, 0.05) is 0 Å². The summed E-state index contributed by atoms with van der Waals surface area (Å²) in [4.78, 5) is 13.3. The van der Waals surface area contributed by atoms with Crippen molar-refractivity contribution < 1.29 is 17.9 Å². The topological polar surface area (TPSA) is 75.7 Å². The third-order valence-electron chi connectivity index (χ3n) is 5.79. The van der Waals surface area contributed by atoms with E-state index >= 15 is 0 Å². The highest BCUT2D eigenvalue weighted by Crippen LogP contribution is 2.28. The molecule has 3 aromatic rings. The van der Waals surface area contributed by atoms with Crippen molar-refractivity contribution in [3.63, 3.8) is 0 Å². The monoisotopic (exact) mass is 480 g/mol. The number of hydrogen-bond donors (Lipinski definition) is 1. The Morgan fingerprint density at radius 3 is 2.15 bits per heavy atom. The molecule has 0 radical (unpaired) electrons. The summed E-state index contributed by atoms with van der Waals surface area (Å²) >= 11 is 0. The minimum atomic E-state index is -3.97. The van der Waals surface area contributed by atoms with Crippen molar-refractivity contribution in [1.29, 1.82) is 0 Å². The van der Waals surface area contributed by atoms with E-state index in [9.17, 15) is 13.2 Å². The highest BCUT2D eigenvalue weighted by molar-refractivity contribution is 7.92. The maximum Gasteiger partial charge on any atom is 0.264 e. The number of ether oxygens (including phenoxy) is 1. The van der Waals surface area contributed by atoms with Gasteiger partial charge >= 0.3 is 0 Å². The molecule has 0 fully saturated rings. The van der Waals surface area contributed by atoms with Crippen molar-refractivity contribution in [2.24, 2.45) is 0 Å². The van der Waals surface area contributed by atoms with E-state index in [0.29, 0.717) is 12.1 Å². The van der Waals surface area contributed by atoms with Gasteiger partial charge < -0.3 is 10.1 Å². The SMILES string of the molecule is CC[C@H](NC(=O)CN(c1cc(C)ccc1C)S(=O)(=O)c1ccc(C)cc1)c1ccc(OC)cc1. The van der Waals surface area contributed by atoms with E-state index in [2.05, 4.69) is 5.32 Å². The highest BCUT2D eigenvalue weighted by atomic mass is 32.2. The Morgan fingerprint density at radius 1 is 0.941 bits per heavy atom. The van der Waals surface area contributed by atoms with Gasteiger partial charge in [-0.15, -0.1) is 0 Å². The van der Waals surface area contributed by atoms with Crippen molar-refractivity contribution in [3.8, 4) is 5.75 Å². The van der Waals surface area contributed by atoms with Crippen LogP contribution >= 0.6 is 0 Å². The van der Waals surface area contributed by atoms with Gasteiger partial charge in [-0.2, -0.15) is 0 Å². The lowest BCUT2D eigenvalue weighted by Crippen LogP contribution is -2.42. The molecule has 0 aliphatic rings. The molecule has 0 saturated carbocycles. The number of hydrogen-bond acceptors (Lipinski definition) is 4. The number of nitrogens with zero attached hydrogens (tertiary/aromatic N) is 1. The van der Waals surface area contributed by atoms with Crippen LogP contribution in [0.4, 0.5) is 5.69 Å². The number of benzene rings is 3. The van der Waals surface area contributed by atoms with E-state index in [4.69, 9.17) is 4.74 Å². The molecule has 0 spiro atoms. The number of sulfonamides is 1. The summed E-state index contributed by atoms with van der Waals surface area (Å²) in [5, 5.41) is 3.00. The average Bonchev–Trinajstić information content (AvgIpc) is 2.83. The maximum atomic E-state index is 13.7. The summed E-state index contributed by atoms with van der Waals surface area (Å²) in [5.74, 6) is 0.356. The van der Waals surface area contributed by atoms with Crippen LogP contribution in [0.5, 0.6) is 5.75 Å². The van der Waals surface area contributed by atoms with E-state index in [0.717, 1.165) is 28.0 Å². The molecule has 1 N–H and O–H groups in total. The van der Waals surface area contributed by atoms with E-state index in [1.165, 1.54) is 4.31 Å². The maximum absolute atomic E-state index is 13.7. The minimum absolute atomic E-state index is 0.147. The molecule has 0 aromatic heterocycles. The van der Waals surface area contributed by atoms with Gasteiger partial charge in [-0.25, -0.2) is 8.42 Å². The van der Waals surface area contributed by atoms with Gasteiger partial charge in [0.05, 0.1) is 23.7 Å². The Morgan fingerprint density at radius 2 is 1.56 bits per heavy atom. The molecule has 0 heterocycles. The first-order valence-corrected chi connectivity index (χ1v) is 12.7. The fourth-order valence-corrected chi connectivity index (χ4v) is 5.23. The normalized spacial score (nSPS) is 12.1. The van der Waals surface area contributed by atoms with Crippen LogP contribution < -0.4 is 14.4 Å². The van der Waals surface area contributed by atoms with Crippen LogP contribution in [-0.2, 0) is 14.8 Å². The molecular weight excluding hydrogens is 448 g/mol. The van der Waals surface area contributed by atoms with Crippen LogP contribution in [0.1, 0.15) is 41.6 Å². The lowest BCUT2D eigenvalue weighted by molar-refractivity contribution is -0.120. The standard InChI is InChI=1S/C27H32N2O4S/c1-6-25(22-11-13-23(33-5)14-12-22)28-27(30)18-29(26-17-20(3)7-10-21(26)4)34(31,32)24-15-8-19(2)9-16-24/h7-17,25H,6,18H2,1-5H3,(H,28,30)/t25-/m0/s1. The second-order valence-electron chi connectivity index (χ2n) is 8.42. The average molecular weight is 481 g/mol. The number of aryl methyl sites for hydroxylation is 3. The Labute approximate surface area is 202 Å². The van der Waals surface area contributed by atoms with Gasteiger partial charge in [0.2, 0.25) is 5.91 Å². The quantitative estimate of drug-likeness (QED) is 0.463. The fraction of sp³-hybridized carbons (Fsp3) is 0.296. The van der Waals surface area contributed by atoms with E-state index in [1.807, 2.05) is 64.1 Å². The lowest BCUT2D eigenvalue weighted by atomic mass is 10.0. The van der Waals surface area contributed by atoms with Crippen molar-refractivity contribution in [3.05, 3.63) is 89.0 Å². The highest BCUT2D eigenvalue weighted by Gasteiger charge is 2.29. The Balaban J connectivity index is 1.94. The van der Waals surface area contributed by atoms with Crippen LogP contribution in [0.25, 0.3) is 0 Å². The number of amides is 1. The van der Waals surface area contributed by atoms with Gasteiger partial charge in [-0.05, 0) is 74.2 Å². The molecule has 7 heteroatoms. The van der Waals surface area contributed by atoms with Gasteiger partial charge in [-0.1, -0.05) is 48.9 Å². The largest absolute Gasteiger partial charge is 0.497 e. The number of carbonyl (C=O) groups excluding carboxylic acids is 1. The number of carbonyl (C=O) groups is 1. The minimum Gasteiger partial charge on any atom is -0.497 e. The third-order valence-corrected chi connectivity index (χ3v) is 7.57. The summed E-state index contributed by atoms with van der Waals surface area (Å²) < 4.78 is 33.8. The van der Waals surface area contributed by atoms with Gasteiger partial charge in [0.1, 0.15) is 12.3 Å². The van der Waals surface area contributed by atoms with Crippen LogP contribution in [-0.4, -0.2) is 28.0 Å². The molecular formula is C27H32N2O4S. The summed E-state index contributed by atoms with van der Waals surface area (Å²) in [7, 11) is -2.36. The van der Waals surface area contributed by atoms with Crippen molar-refractivity contribution in [2.45, 2.75) is 45.1 Å². The Hall–Kier alpha value is -3.32. The summed E-state index contributed by atoms with van der Waals surface area (Å²) in [6.45, 7) is 7.29. The summed E-state index contributed by atoms with van der Waals surface area (Å²) in [6.07, 6.45) is 0.659. The first-order valence-electron chi connectivity index (χ1n) is 11.3. The number of nitrogens with one attached hydrogen (secondary N) is 1. The lowest BCUT2D eigenvalue weighted by Gasteiger charge is -2.27. The van der Waals surface area contributed by atoms with E-state index < -0.39 is 10.0 Å². The predicted molar refractivity (Wildman–Crippen MR) is 136 cm³/mol. The molecule has 0 aliphatic carbocycles. The molecule has 0 bridgehead atoms. The van der Waals surface area contributed by atoms with Crippen LogP contribution in [0.3, 0.4) is 0 Å². The van der Waals surface area contributed by atoms with E-state index in [1.54, 1.807) is 37.4 Å². The van der Waals surface area contributed by atoms with Gasteiger partial charge in [0.15, 0.2) is 0 Å². The second kappa shape index (κ2) is 10.7. The molecule has 1 atom stereocenters. The van der Waals surface area contributed by atoms with Crippen molar-refractivity contribution >= 4 is 21.6 Å². The molecule has 1 amide bonds. The second-order valence-corrected chi connectivity index (χ2v) is 10.3. The summed E-state index contributed by atoms with van der Waals surface area (Å²) in [6, 6.07) is 19.5. The first-order chi connectivity index (χ1) is 16.1. The van der Waals surface area contributed by atoms with E-state index in [-0.39, 0.29) is 23.4 Å². The molecule has 3 rings (SSSR count). The van der Waals surface area contributed by atoms with Gasteiger partial charge in [-0.3, -0.25) is 9.10 Å². The molecule has 34 heavy (non-hydrogen) atoms. The molecule has 6 nitrogen and oxygen atoms in total. The zero-order chi connectivity index (χ0) is 24.9. The zero-order valence-electron chi connectivity index (χ0n) is 20.3. The Kier molecular flexibility index (Phi) is 7.99. The van der Waals surface area contributed by atoms with Crippen molar-refractivity contribution in [1.82, 2.24) is 5.32 Å². The summed E-state index contributed by atoms with van der Waals surface area (Å²) in [5.41, 5.74) is 4.07.